The van der Waals surface area contributed by atoms with Crippen molar-refractivity contribution in [2.75, 3.05) is 13.1 Å². The molecular weight excluding hydrogens is 244 g/mol. The van der Waals surface area contributed by atoms with Crippen LogP contribution in [0.1, 0.15) is 30.2 Å². The van der Waals surface area contributed by atoms with Crippen molar-refractivity contribution in [3.8, 4) is 11.8 Å². The third-order valence-corrected chi connectivity index (χ3v) is 4.18. The molecule has 0 bridgehead atoms. The van der Waals surface area contributed by atoms with Crippen molar-refractivity contribution in [3.63, 3.8) is 0 Å². The lowest BCUT2D eigenvalue weighted by molar-refractivity contribution is -0.128. The minimum Gasteiger partial charge on any atom is -0.337 e. The zero-order valence-electron chi connectivity index (χ0n) is 10.6. The summed E-state index contributed by atoms with van der Waals surface area (Å²) in [6, 6.07) is 2.00. The van der Waals surface area contributed by atoms with Crippen molar-refractivity contribution < 1.29 is 4.79 Å². The van der Waals surface area contributed by atoms with Crippen LogP contribution >= 0.6 is 11.3 Å². The number of carbonyl (C=O) groups excluding carboxylic acids is 1. The zero-order chi connectivity index (χ0) is 13.0. The first-order chi connectivity index (χ1) is 8.74. The first kappa shape index (κ1) is 13.1. The largest absolute Gasteiger partial charge is 0.337 e. The van der Waals surface area contributed by atoms with Crippen LogP contribution in [0, 0.1) is 17.8 Å². The van der Waals surface area contributed by atoms with Crippen LogP contribution in [0.2, 0.25) is 0 Å². The highest BCUT2D eigenvalue weighted by Gasteiger charge is 2.28. The van der Waals surface area contributed by atoms with E-state index in [2.05, 4.69) is 18.8 Å². The summed E-state index contributed by atoms with van der Waals surface area (Å²) in [5.74, 6) is 6.73. The topological polar surface area (TPSA) is 46.3 Å². The van der Waals surface area contributed by atoms with E-state index in [1.165, 1.54) is 4.88 Å². The van der Waals surface area contributed by atoms with Crippen molar-refractivity contribution in [2.24, 2.45) is 11.7 Å². The van der Waals surface area contributed by atoms with Gasteiger partial charge in [-0.15, -0.1) is 11.3 Å². The van der Waals surface area contributed by atoms with Crippen LogP contribution in [0.15, 0.2) is 11.4 Å². The molecular formula is C14H18N2OS. The van der Waals surface area contributed by atoms with Gasteiger partial charge in [-0.1, -0.05) is 25.2 Å². The lowest BCUT2D eigenvalue weighted by Crippen LogP contribution is -2.24. The van der Waals surface area contributed by atoms with E-state index in [1.54, 1.807) is 11.3 Å². The fraction of sp³-hybridized carbons (Fsp3) is 0.500. The Morgan fingerprint density at radius 1 is 1.61 bits per heavy atom. The number of thiophene rings is 1. The molecule has 0 spiro atoms. The number of likely N-dealkylation sites (tertiary alicyclic amines) is 1. The zero-order valence-corrected chi connectivity index (χ0v) is 11.4. The van der Waals surface area contributed by atoms with Crippen molar-refractivity contribution >= 4 is 17.2 Å². The van der Waals surface area contributed by atoms with Gasteiger partial charge in [0.05, 0.1) is 13.1 Å². The number of carbonyl (C=O) groups is 1. The van der Waals surface area contributed by atoms with E-state index in [0.29, 0.717) is 25.4 Å². The summed E-state index contributed by atoms with van der Waals surface area (Å²) in [5.41, 5.74) is 6.39. The predicted molar refractivity (Wildman–Crippen MR) is 74.1 cm³/mol. The highest BCUT2D eigenvalue weighted by molar-refractivity contribution is 7.10. The van der Waals surface area contributed by atoms with Crippen LogP contribution in [-0.4, -0.2) is 23.9 Å². The summed E-state index contributed by atoms with van der Waals surface area (Å²) in [7, 11) is 0. The van der Waals surface area contributed by atoms with Gasteiger partial charge in [0.2, 0.25) is 5.91 Å². The van der Waals surface area contributed by atoms with Gasteiger partial charge in [-0.3, -0.25) is 4.79 Å². The van der Waals surface area contributed by atoms with Gasteiger partial charge < -0.3 is 10.6 Å². The Morgan fingerprint density at radius 3 is 3.11 bits per heavy atom. The Labute approximate surface area is 112 Å². The molecule has 1 amide bonds. The Hall–Kier alpha value is -1.31. The molecule has 1 aliphatic heterocycles. The molecule has 1 aromatic rings. The van der Waals surface area contributed by atoms with E-state index in [4.69, 9.17) is 5.73 Å². The summed E-state index contributed by atoms with van der Waals surface area (Å²) in [5, 5.41) is 2.02. The SMILES string of the molecule is CCC1CC(=O)N(Cc2sccc2C#CCN)C1. The van der Waals surface area contributed by atoms with E-state index in [-0.39, 0.29) is 5.91 Å². The fourth-order valence-electron chi connectivity index (χ4n) is 2.17. The van der Waals surface area contributed by atoms with E-state index in [1.807, 2.05) is 16.3 Å². The average molecular weight is 262 g/mol. The molecule has 2 heterocycles. The number of amides is 1. The van der Waals surface area contributed by atoms with Gasteiger partial charge in [0.15, 0.2) is 0 Å². The van der Waals surface area contributed by atoms with Crippen molar-refractivity contribution in [2.45, 2.75) is 26.3 Å². The van der Waals surface area contributed by atoms with E-state index >= 15 is 0 Å². The van der Waals surface area contributed by atoms with E-state index in [9.17, 15) is 4.79 Å². The van der Waals surface area contributed by atoms with Gasteiger partial charge in [0.1, 0.15) is 0 Å². The maximum absolute atomic E-state index is 11.9. The molecule has 1 aliphatic rings. The lowest BCUT2D eigenvalue weighted by atomic mass is 10.1. The van der Waals surface area contributed by atoms with Crippen molar-refractivity contribution in [3.05, 3.63) is 21.9 Å². The first-order valence-corrected chi connectivity index (χ1v) is 7.15. The Balaban J connectivity index is 2.06. The van der Waals surface area contributed by atoms with Crippen LogP contribution in [0.4, 0.5) is 0 Å². The van der Waals surface area contributed by atoms with Gasteiger partial charge >= 0.3 is 0 Å². The highest BCUT2D eigenvalue weighted by Crippen LogP contribution is 2.25. The number of nitrogens with zero attached hydrogens (tertiary/aromatic N) is 1. The van der Waals surface area contributed by atoms with Crippen molar-refractivity contribution in [1.29, 1.82) is 0 Å². The van der Waals surface area contributed by atoms with Crippen molar-refractivity contribution in [1.82, 2.24) is 4.90 Å². The monoisotopic (exact) mass is 262 g/mol. The normalized spacial score (nSPS) is 18.9. The molecule has 1 saturated heterocycles. The Morgan fingerprint density at radius 2 is 2.44 bits per heavy atom. The molecule has 1 atom stereocenters. The van der Waals surface area contributed by atoms with Crippen LogP contribution in [-0.2, 0) is 11.3 Å². The Kier molecular flexibility index (Phi) is 4.40. The summed E-state index contributed by atoms with van der Waals surface area (Å²) < 4.78 is 0. The molecule has 0 saturated carbocycles. The molecule has 0 aliphatic carbocycles. The van der Waals surface area contributed by atoms with Crippen LogP contribution < -0.4 is 5.73 Å². The third kappa shape index (κ3) is 2.92. The molecule has 1 fully saturated rings. The molecule has 0 aromatic carbocycles. The average Bonchev–Trinajstić information content (AvgIpc) is 2.95. The Bertz CT molecular complexity index is 483. The molecule has 4 heteroatoms. The van der Waals surface area contributed by atoms with Gasteiger partial charge in [-0.2, -0.15) is 0 Å². The number of hydrogen-bond donors (Lipinski definition) is 1. The molecule has 2 N–H and O–H groups in total. The first-order valence-electron chi connectivity index (χ1n) is 6.27. The quantitative estimate of drug-likeness (QED) is 0.845. The standard InChI is InChI=1S/C14H18N2OS/c1-2-11-8-14(17)16(9-11)10-13-12(4-3-6-15)5-7-18-13/h5,7,11H,2,6,8-10,15H2,1H3. The van der Waals surface area contributed by atoms with Crippen LogP contribution in [0.25, 0.3) is 0 Å². The minimum absolute atomic E-state index is 0.271. The molecule has 96 valence electrons. The van der Waals surface area contributed by atoms with Gasteiger partial charge in [-0.05, 0) is 17.4 Å². The summed E-state index contributed by atoms with van der Waals surface area (Å²) in [6.07, 6.45) is 1.78. The molecule has 1 unspecified atom stereocenters. The number of nitrogens with two attached hydrogens (primary N) is 1. The third-order valence-electron chi connectivity index (χ3n) is 3.28. The lowest BCUT2D eigenvalue weighted by Gasteiger charge is -2.15. The fourth-order valence-corrected chi connectivity index (χ4v) is 3.02. The summed E-state index contributed by atoms with van der Waals surface area (Å²) in [6.45, 7) is 4.10. The summed E-state index contributed by atoms with van der Waals surface area (Å²) in [4.78, 5) is 15.0. The predicted octanol–water partition coefficient (Wildman–Crippen LogP) is 1.82. The molecule has 3 nitrogen and oxygen atoms in total. The number of hydrogen-bond acceptors (Lipinski definition) is 3. The minimum atomic E-state index is 0.271. The highest BCUT2D eigenvalue weighted by atomic mass is 32.1. The molecule has 0 radical (unpaired) electrons. The molecule has 1 aromatic heterocycles. The van der Waals surface area contributed by atoms with E-state index in [0.717, 1.165) is 18.5 Å². The second-order valence-corrected chi connectivity index (χ2v) is 5.52. The van der Waals surface area contributed by atoms with Gasteiger partial charge in [0.25, 0.3) is 0 Å². The smallest absolute Gasteiger partial charge is 0.223 e. The van der Waals surface area contributed by atoms with Gasteiger partial charge in [-0.25, -0.2) is 0 Å². The molecule has 2 rings (SSSR count). The maximum Gasteiger partial charge on any atom is 0.223 e. The maximum atomic E-state index is 11.9. The van der Waals surface area contributed by atoms with Crippen LogP contribution in [0.5, 0.6) is 0 Å². The molecule has 18 heavy (non-hydrogen) atoms. The second-order valence-electron chi connectivity index (χ2n) is 4.52. The van der Waals surface area contributed by atoms with Crippen LogP contribution in [0.3, 0.4) is 0 Å². The number of rotatable bonds is 3. The second kappa shape index (κ2) is 6.03. The van der Waals surface area contributed by atoms with E-state index < -0.39 is 0 Å². The summed E-state index contributed by atoms with van der Waals surface area (Å²) >= 11 is 1.66. The van der Waals surface area contributed by atoms with Gasteiger partial charge in [0, 0.05) is 23.4 Å².